The van der Waals surface area contributed by atoms with Crippen LogP contribution in [0, 0.1) is 5.82 Å². The number of halogens is 1. The van der Waals surface area contributed by atoms with Gasteiger partial charge in [-0.25, -0.2) is 4.39 Å². The van der Waals surface area contributed by atoms with E-state index < -0.39 is 0 Å². The maximum atomic E-state index is 14.3. The van der Waals surface area contributed by atoms with Gasteiger partial charge in [0.25, 0.3) is 0 Å². The van der Waals surface area contributed by atoms with Crippen LogP contribution in [0.4, 0.5) is 10.1 Å². The largest absolute Gasteiger partial charge is 0.369 e. The quantitative estimate of drug-likeness (QED) is 0.788. The molecule has 1 N–H and O–H groups in total. The fraction of sp³-hybridized carbons (Fsp3) is 0.647. The lowest BCUT2D eigenvalue weighted by Crippen LogP contribution is -2.33. The van der Waals surface area contributed by atoms with Gasteiger partial charge < -0.3 is 10.2 Å². The number of benzene rings is 1. The third-order valence-electron chi connectivity index (χ3n) is 4.27. The monoisotopic (exact) mass is 278 g/mol. The van der Waals surface area contributed by atoms with Crippen molar-refractivity contribution in [3.8, 4) is 0 Å². The molecule has 1 fully saturated rings. The van der Waals surface area contributed by atoms with Crippen LogP contribution in [0.3, 0.4) is 0 Å². The van der Waals surface area contributed by atoms with Gasteiger partial charge in [-0.05, 0) is 43.5 Å². The summed E-state index contributed by atoms with van der Waals surface area (Å²) in [5.74, 6) is -0.0890. The lowest BCUT2D eigenvalue weighted by molar-refractivity contribution is 0.424. The molecule has 2 nitrogen and oxygen atoms in total. The van der Waals surface area contributed by atoms with E-state index in [0.717, 1.165) is 30.8 Å². The first kappa shape index (κ1) is 15.3. The van der Waals surface area contributed by atoms with Crippen molar-refractivity contribution in [3.05, 3.63) is 29.6 Å². The minimum atomic E-state index is -0.0890. The Morgan fingerprint density at radius 2 is 2.00 bits per heavy atom. The van der Waals surface area contributed by atoms with Crippen LogP contribution in [0.1, 0.15) is 51.0 Å². The van der Waals surface area contributed by atoms with Crippen LogP contribution in [0.2, 0.25) is 0 Å². The van der Waals surface area contributed by atoms with Crippen LogP contribution in [-0.4, -0.2) is 19.6 Å². The average molecular weight is 278 g/mol. The van der Waals surface area contributed by atoms with Crippen molar-refractivity contribution in [3.63, 3.8) is 0 Å². The smallest absolute Gasteiger partial charge is 0.146 e. The number of anilines is 1. The predicted molar refractivity (Wildman–Crippen MR) is 83.7 cm³/mol. The number of hydrogen-bond donors (Lipinski definition) is 1. The highest BCUT2D eigenvalue weighted by molar-refractivity contribution is 5.49. The Morgan fingerprint density at radius 3 is 2.65 bits per heavy atom. The van der Waals surface area contributed by atoms with Crippen LogP contribution in [-0.2, 0) is 6.54 Å². The Bertz CT molecular complexity index is 413. The average Bonchev–Trinajstić information content (AvgIpc) is 2.48. The first-order valence-electron chi connectivity index (χ1n) is 7.94. The van der Waals surface area contributed by atoms with E-state index in [9.17, 15) is 4.39 Å². The summed E-state index contributed by atoms with van der Waals surface area (Å²) in [6.45, 7) is 3.86. The van der Waals surface area contributed by atoms with Gasteiger partial charge in [0, 0.05) is 19.6 Å². The fourth-order valence-corrected chi connectivity index (χ4v) is 3.02. The first-order valence-corrected chi connectivity index (χ1v) is 7.94. The lowest BCUT2D eigenvalue weighted by Gasteiger charge is -2.33. The number of rotatable bonds is 6. The molecule has 0 radical (unpaired) electrons. The Labute approximate surface area is 122 Å². The second kappa shape index (κ2) is 7.63. The van der Waals surface area contributed by atoms with Gasteiger partial charge in [0.15, 0.2) is 0 Å². The van der Waals surface area contributed by atoms with E-state index in [0.29, 0.717) is 6.04 Å². The number of nitrogens with one attached hydrogen (secondary N) is 1. The van der Waals surface area contributed by atoms with Crippen LogP contribution < -0.4 is 10.2 Å². The van der Waals surface area contributed by atoms with E-state index in [1.165, 1.54) is 32.1 Å². The Balaban J connectivity index is 2.00. The van der Waals surface area contributed by atoms with Crippen LogP contribution >= 0.6 is 0 Å². The van der Waals surface area contributed by atoms with E-state index in [1.807, 2.05) is 19.2 Å². The molecule has 1 aromatic carbocycles. The highest BCUT2D eigenvalue weighted by atomic mass is 19.1. The molecule has 0 unspecified atom stereocenters. The summed E-state index contributed by atoms with van der Waals surface area (Å²) in [5.41, 5.74) is 1.77. The summed E-state index contributed by atoms with van der Waals surface area (Å²) >= 11 is 0. The van der Waals surface area contributed by atoms with Crippen molar-refractivity contribution in [2.45, 2.75) is 58.0 Å². The third kappa shape index (κ3) is 3.95. The SMILES string of the molecule is CCCNCc1ccc(N(C)C2CCCCC2)c(F)c1. The van der Waals surface area contributed by atoms with Gasteiger partial charge in [-0.1, -0.05) is 32.3 Å². The van der Waals surface area contributed by atoms with Crippen LogP contribution in [0.5, 0.6) is 0 Å². The highest BCUT2D eigenvalue weighted by Gasteiger charge is 2.20. The molecule has 2 rings (SSSR count). The van der Waals surface area contributed by atoms with Gasteiger partial charge in [0.1, 0.15) is 5.82 Å². The highest BCUT2D eigenvalue weighted by Crippen LogP contribution is 2.28. The predicted octanol–water partition coefficient (Wildman–Crippen LogP) is 4.09. The van der Waals surface area contributed by atoms with E-state index in [4.69, 9.17) is 0 Å². The van der Waals surface area contributed by atoms with Crippen LogP contribution in [0.25, 0.3) is 0 Å². The molecule has 1 aliphatic rings. The maximum Gasteiger partial charge on any atom is 0.146 e. The normalized spacial score (nSPS) is 16.4. The molecule has 112 valence electrons. The Kier molecular flexibility index (Phi) is 5.84. The molecule has 0 saturated heterocycles. The molecular formula is C17H27FN2. The van der Waals surface area contributed by atoms with Gasteiger partial charge >= 0.3 is 0 Å². The molecule has 0 aromatic heterocycles. The molecular weight excluding hydrogens is 251 g/mol. The zero-order chi connectivity index (χ0) is 14.4. The molecule has 1 saturated carbocycles. The molecule has 0 atom stereocenters. The Morgan fingerprint density at radius 1 is 1.25 bits per heavy atom. The molecule has 0 bridgehead atoms. The Hall–Kier alpha value is -1.09. The second-order valence-electron chi connectivity index (χ2n) is 5.87. The lowest BCUT2D eigenvalue weighted by atomic mass is 9.94. The summed E-state index contributed by atoms with van der Waals surface area (Å²) < 4.78 is 14.3. The fourth-order valence-electron chi connectivity index (χ4n) is 3.02. The number of hydrogen-bond acceptors (Lipinski definition) is 2. The summed E-state index contributed by atoms with van der Waals surface area (Å²) in [7, 11) is 2.03. The second-order valence-corrected chi connectivity index (χ2v) is 5.87. The third-order valence-corrected chi connectivity index (χ3v) is 4.27. The maximum absolute atomic E-state index is 14.3. The molecule has 20 heavy (non-hydrogen) atoms. The molecule has 0 heterocycles. The van der Waals surface area contributed by atoms with E-state index in [2.05, 4.69) is 17.1 Å². The topological polar surface area (TPSA) is 15.3 Å². The molecule has 0 amide bonds. The molecule has 1 aromatic rings. The van der Waals surface area contributed by atoms with Crippen molar-refractivity contribution in [1.82, 2.24) is 5.32 Å². The minimum Gasteiger partial charge on any atom is -0.369 e. The molecule has 0 aliphatic heterocycles. The molecule has 3 heteroatoms. The van der Waals surface area contributed by atoms with Crippen molar-refractivity contribution < 1.29 is 4.39 Å². The van der Waals surface area contributed by atoms with Crippen molar-refractivity contribution in [1.29, 1.82) is 0 Å². The summed E-state index contributed by atoms with van der Waals surface area (Å²) in [5, 5.41) is 3.31. The van der Waals surface area contributed by atoms with Gasteiger partial charge in [-0.3, -0.25) is 0 Å². The summed E-state index contributed by atoms with van der Waals surface area (Å²) in [6, 6.07) is 6.16. The standard InChI is InChI=1S/C17H27FN2/c1-3-11-19-13-14-9-10-17(16(18)12-14)20(2)15-7-5-4-6-8-15/h9-10,12,15,19H,3-8,11,13H2,1-2H3. The van der Waals surface area contributed by atoms with Gasteiger partial charge in [0.05, 0.1) is 5.69 Å². The van der Waals surface area contributed by atoms with Gasteiger partial charge in [-0.2, -0.15) is 0 Å². The van der Waals surface area contributed by atoms with Crippen molar-refractivity contribution in [2.75, 3.05) is 18.5 Å². The first-order chi connectivity index (χ1) is 9.72. The summed E-state index contributed by atoms with van der Waals surface area (Å²) in [4.78, 5) is 2.14. The number of nitrogens with zero attached hydrogens (tertiary/aromatic N) is 1. The molecule has 1 aliphatic carbocycles. The summed E-state index contributed by atoms with van der Waals surface area (Å²) in [6.07, 6.45) is 7.36. The van der Waals surface area contributed by atoms with E-state index >= 15 is 0 Å². The van der Waals surface area contributed by atoms with Crippen LogP contribution in [0.15, 0.2) is 18.2 Å². The zero-order valence-corrected chi connectivity index (χ0v) is 12.8. The van der Waals surface area contributed by atoms with E-state index in [1.54, 1.807) is 6.07 Å². The zero-order valence-electron chi connectivity index (χ0n) is 12.8. The molecule has 0 spiro atoms. The van der Waals surface area contributed by atoms with Gasteiger partial charge in [0.2, 0.25) is 0 Å². The van der Waals surface area contributed by atoms with E-state index in [-0.39, 0.29) is 5.82 Å². The van der Waals surface area contributed by atoms with Gasteiger partial charge in [-0.15, -0.1) is 0 Å². The minimum absolute atomic E-state index is 0.0890. The van der Waals surface area contributed by atoms with Crippen molar-refractivity contribution >= 4 is 5.69 Å². The van der Waals surface area contributed by atoms with Crippen molar-refractivity contribution in [2.24, 2.45) is 0 Å².